The minimum Gasteiger partial charge on any atom is -0.398 e. The van der Waals surface area contributed by atoms with Crippen molar-refractivity contribution in [3.8, 4) is 0 Å². The van der Waals surface area contributed by atoms with Gasteiger partial charge in [0.1, 0.15) is 0 Å². The summed E-state index contributed by atoms with van der Waals surface area (Å²) in [5.41, 5.74) is 9.24. The molecule has 2 heterocycles. The molecule has 3 rings (SSSR count). The summed E-state index contributed by atoms with van der Waals surface area (Å²) >= 11 is 0. The molecular weight excluding hydrogens is 252 g/mol. The van der Waals surface area contributed by atoms with Crippen LogP contribution < -0.4 is 5.73 Å². The van der Waals surface area contributed by atoms with Crippen LogP contribution in [-0.4, -0.2) is 30.1 Å². The quantitative estimate of drug-likeness (QED) is 0.859. The lowest BCUT2D eigenvalue weighted by Crippen LogP contribution is -2.36. The molecule has 0 radical (unpaired) electrons. The SMILES string of the molecule is Nc1cccc2c1CN(C(=O)CCC1CCCO1)CC2. The highest BCUT2D eigenvalue weighted by atomic mass is 16.5. The summed E-state index contributed by atoms with van der Waals surface area (Å²) in [5, 5.41) is 0. The van der Waals surface area contributed by atoms with Gasteiger partial charge in [0.15, 0.2) is 0 Å². The van der Waals surface area contributed by atoms with Crippen LogP contribution in [0.5, 0.6) is 0 Å². The van der Waals surface area contributed by atoms with Crippen molar-refractivity contribution in [2.24, 2.45) is 0 Å². The van der Waals surface area contributed by atoms with Gasteiger partial charge in [-0.2, -0.15) is 0 Å². The van der Waals surface area contributed by atoms with Gasteiger partial charge in [-0.1, -0.05) is 12.1 Å². The fraction of sp³-hybridized carbons (Fsp3) is 0.562. The van der Waals surface area contributed by atoms with Crippen LogP contribution in [0.25, 0.3) is 0 Å². The highest BCUT2D eigenvalue weighted by Gasteiger charge is 2.23. The molecule has 0 aliphatic carbocycles. The first-order valence-corrected chi connectivity index (χ1v) is 7.49. The molecule has 1 saturated heterocycles. The van der Waals surface area contributed by atoms with Gasteiger partial charge in [-0.15, -0.1) is 0 Å². The molecule has 1 unspecified atom stereocenters. The zero-order valence-corrected chi connectivity index (χ0v) is 11.8. The first-order chi connectivity index (χ1) is 9.74. The number of fused-ring (bicyclic) bond motifs is 1. The van der Waals surface area contributed by atoms with E-state index < -0.39 is 0 Å². The average Bonchev–Trinajstić information content (AvgIpc) is 2.98. The molecule has 2 N–H and O–H groups in total. The maximum atomic E-state index is 12.3. The van der Waals surface area contributed by atoms with E-state index in [0.29, 0.717) is 19.1 Å². The largest absolute Gasteiger partial charge is 0.398 e. The molecule has 1 aromatic rings. The highest BCUT2D eigenvalue weighted by Crippen LogP contribution is 2.25. The second kappa shape index (κ2) is 5.83. The number of nitrogen functional groups attached to an aromatic ring is 1. The Hall–Kier alpha value is -1.55. The summed E-state index contributed by atoms with van der Waals surface area (Å²) in [6.45, 7) is 2.32. The Kier molecular flexibility index (Phi) is 3.92. The van der Waals surface area contributed by atoms with E-state index >= 15 is 0 Å². The number of anilines is 1. The summed E-state index contributed by atoms with van der Waals surface area (Å²) in [5.74, 6) is 0.231. The third-order valence-corrected chi connectivity index (χ3v) is 4.37. The number of hydrogen-bond donors (Lipinski definition) is 1. The highest BCUT2D eigenvalue weighted by molar-refractivity contribution is 5.77. The van der Waals surface area contributed by atoms with Crippen LogP contribution in [0.2, 0.25) is 0 Å². The number of carbonyl (C=O) groups is 1. The van der Waals surface area contributed by atoms with E-state index in [1.165, 1.54) is 5.56 Å². The molecule has 20 heavy (non-hydrogen) atoms. The third-order valence-electron chi connectivity index (χ3n) is 4.37. The zero-order valence-electron chi connectivity index (χ0n) is 11.8. The number of carbonyl (C=O) groups excluding carboxylic acids is 1. The van der Waals surface area contributed by atoms with E-state index in [1.54, 1.807) is 0 Å². The maximum Gasteiger partial charge on any atom is 0.222 e. The molecule has 1 amide bonds. The van der Waals surface area contributed by atoms with Gasteiger partial charge in [0.05, 0.1) is 6.10 Å². The fourth-order valence-corrected chi connectivity index (χ4v) is 3.13. The van der Waals surface area contributed by atoms with Crippen molar-refractivity contribution in [2.45, 2.75) is 44.8 Å². The topological polar surface area (TPSA) is 55.6 Å². The number of nitrogens with zero attached hydrogens (tertiary/aromatic N) is 1. The first kappa shape index (κ1) is 13.4. The van der Waals surface area contributed by atoms with E-state index in [4.69, 9.17) is 10.5 Å². The predicted octanol–water partition coefficient (Wildman–Crippen LogP) is 2.11. The van der Waals surface area contributed by atoms with Crippen molar-refractivity contribution in [1.29, 1.82) is 0 Å². The lowest BCUT2D eigenvalue weighted by Gasteiger charge is -2.30. The van der Waals surface area contributed by atoms with Gasteiger partial charge >= 0.3 is 0 Å². The van der Waals surface area contributed by atoms with Crippen molar-refractivity contribution < 1.29 is 9.53 Å². The molecule has 4 nitrogen and oxygen atoms in total. The number of rotatable bonds is 3. The number of nitrogens with two attached hydrogens (primary N) is 1. The molecule has 0 aromatic heterocycles. The summed E-state index contributed by atoms with van der Waals surface area (Å²) in [4.78, 5) is 14.2. The Morgan fingerprint density at radius 3 is 3.15 bits per heavy atom. The second-order valence-electron chi connectivity index (χ2n) is 5.72. The van der Waals surface area contributed by atoms with Crippen LogP contribution >= 0.6 is 0 Å². The van der Waals surface area contributed by atoms with Gasteiger partial charge in [0.25, 0.3) is 0 Å². The summed E-state index contributed by atoms with van der Waals surface area (Å²) in [6, 6.07) is 6.02. The molecule has 1 fully saturated rings. The van der Waals surface area contributed by atoms with Gasteiger partial charge in [0.2, 0.25) is 5.91 Å². The first-order valence-electron chi connectivity index (χ1n) is 7.49. The van der Waals surface area contributed by atoms with Crippen molar-refractivity contribution in [1.82, 2.24) is 4.90 Å². The Morgan fingerprint density at radius 1 is 1.45 bits per heavy atom. The summed E-state index contributed by atoms with van der Waals surface area (Å²) < 4.78 is 5.58. The van der Waals surface area contributed by atoms with E-state index in [9.17, 15) is 4.79 Å². The molecule has 0 bridgehead atoms. The van der Waals surface area contributed by atoms with Crippen LogP contribution in [0.1, 0.15) is 36.8 Å². The monoisotopic (exact) mass is 274 g/mol. The van der Waals surface area contributed by atoms with Crippen LogP contribution in [0.4, 0.5) is 5.69 Å². The molecule has 0 spiro atoms. The normalized spacial score (nSPS) is 21.8. The van der Waals surface area contributed by atoms with Crippen LogP contribution in [0, 0.1) is 0 Å². The molecule has 4 heteroatoms. The van der Waals surface area contributed by atoms with Crippen molar-refractivity contribution in [2.75, 3.05) is 18.9 Å². The molecular formula is C16H22N2O2. The van der Waals surface area contributed by atoms with E-state index in [2.05, 4.69) is 6.07 Å². The number of hydrogen-bond acceptors (Lipinski definition) is 3. The molecule has 1 atom stereocenters. The second-order valence-corrected chi connectivity index (χ2v) is 5.72. The Balaban J connectivity index is 1.58. The minimum atomic E-state index is 0.231. The minimum absolute atomic E-state index is 0.231. The van der Waals surface area contributed by atoms with Gasteiger partial charge in [-0.05, 0) is 42.9 Å². The van der Waals surface area contributed by atoms with Gasteiger partial charge in [-0.25, -0.2) is 0 Å². The lowest BCUT2D eigenvalue weighted by molar-refractivity contribution is -0.132. The molecule has 1 aromatic carbocycles. The lowest BCUT2D eigenvalue weighted by atomic mass is 9.97. The number of benzene rings is 1. The summed E-state index contributed by atoms with van der Waals surface area (Å²) in [6.07, 6.45) is 4.88. The van der Waals surface area contributed by atoms with Gasteiger partial charge < -0.3 is 15.4 Å². The van der Waals surface area contributed by atoms with E-state index in [-0.39, 0.29) is 5.91 Å². The smallest absolute Gasteiger partial charge is 0.222 e. The van der Waals surface area contributed by atoms with Crippen LogP contribution in [-0.2, 0) is 22.5 Å². The maximum absolute atomic E-state index is 12.3. The molecule has 108 valence electrons. The number of amides is 1. The third kappa shape index (κ3) is 2.80. The Bertz CT molecular complexity index is 495. The summed E-state index contributed by atoms with van der Waals surface area (Å²) in [7, 11) is 0. The molecule has 2 aliphatic heterocycles. The van der Waals surface area contributed by atoms with Gasteiger partial charge in [0, 0.05) is 31.8 Å². The van der Waals surface area contributed by atoms with E-state index in [1.807, 2.05) is 17.0 Å². The molecule has 0 saturated carbocycles. The van der Waals surface area contributed by atoms with Crippen molar-refractivity contribution >= 4 is 11.6 Å². The molecule has 2 aliphatic rings. The zero-order chi connectivity index (χ0) is 13.9. The van der Waals surface area contributed by atoms with Crippen molar-refractivity contribution in [3.63, 3.8) is 0 Å². The van der Waals surface area contributed by atoms with E-state index in [0.717, 1.165) is 50.1 Å². The van der Waals surface area contributed by atoms with Crippen molar-refractivity contribution in [3.05, 3.63) is 29.3 Å². The average molecular weight is 274 g/mol. The van der Waals surface area contributed by atoms with Gasteiger partial charge in [-0.3, -0.25) is 4.79 Å². The van der Waals surface area contributed by atoms with Crippen LogP contribution in [0.3, 0.4) is 0 Å². The fourth-order valence-electron chi connectivity index (χ4n) is 3.13. The Morgan fingerprint density at radius 2 is 2.35 bits per heavy atom. The number of ether oxygens (including phenoxy) is 1. The predicted molar refractivity (Wildman–Crippen MR) is 78.2 cm³/mol. The Labute approximate surface area is 119 Å². The van der Waals surface area contributed by atoms with Crippen LogP contribution in [0.15, 0.2) is 18.2 Å². The standard InChI is InChI=1S/C16H22N2O2/c17-15-5-1-3-12-8-9-18(11-14(12)15)16(19)7-6-13-4-2-10-20-13/h1,3,5,13H,2,4,6-11,17H2.